The van der Waals surface area contributed by atoms with Crippen LogP contribution in [-0.2, 0) is 14.3 Å². The molecule has 122 valence electrons. The SMILES string of the molecule is C[C@H](O)[C@H]1OC(=O)C(O)=C1O.NCCCC[C@H](N)C(=O)O. The number of carbonyl (C=O) groups excluding carboxylic acids is 1. The molecule has 1 rings (SSSR count). The van der Waals surface area contributed by atoms with Gasteiger partial charge in [-0.25, -0.2) is 4.79 Å². The first-order chi connectivity index (χ1) is 9.72. The van der Waals surface area contributed by atoms with Gasteiger partial charge in [0, 0.05) is 0 Å². The molecule has 8 N–H and O–H groups in total. The maximum Gasteiger partial charge on any atom is 0.377 e. The Hall–Kier alpha value is -1.84. The molecule has 0 fully saturated rings. The number of carboxylic acid groups (broad SMARTS) is 1. The zero-order valence-electron chi connectivity index (χ0n) is 11.7. The molecular formula is C12H22N2O7. The Morgan fingerprint density at radius 3 is 2.24 bits per heavy atom. The molecule has 0 radical (unpaired) electrons. The summed E-state index contributed by atoms with van der Waals surface area (Å²) >= 11 is 0. The average molecular weight is 306 g/mol. The summed E-state index contributed by atoms with van der Waals surface area (Å²) in [7, 11) is 0. The topological polar surface area (TPSA) is 176 Å². The molecule has 0 saturated carbocycles. The van der Waals surface area contributed by atoms with Crippen LogP contribution in [0.1, 0.15) is 26.2 Å². The molecule has 0 amide bonds. The van der Waals surface area contributed by atoms with Crippen LogP contribution in [0, 0.1) is 0 Å². The van der Waals surface area contributed by atoms with Crippen molar-refractivity contribution in [2.75, 3.05) is 6.54 Å². The van der Waals surface area contributed by atoms with Crippen molar-refractivity contribution in [3.8, 4) is 0 Å². The number of hydrogen-bond donors (Lipinski definition) is 6. The molecule has 1 heterocycles. The van der Waals surface area contributed by atoms with E-state index in [9.17, 15) is 9.59 Å². The molecule has 0 saturated heterocycles. The van der Waals surface area contributed by atoms with Crippen molar-refractivity contribution in [1.29, 1.82) is 0 Å². The number of ether oxygens (including phenoxy) is 1. The number of cyclic esters (lactones) is 1. The molecule has 0 aromatic heterocycles. The molecule has 0 unspecified atom stereocenters. The zero-order chi connectivity index (χ0) is 16.6. The quantitative estimate of drug-likeness (QED) is 0.269. The summed E-state index contributed by atoms with van der Waals surface area (Å²) in [5.41, 5.74) is 10.4. The number of esters is 1. The number of carbonyl (C=O) groups is 2. The predicted molar refractivity (Wildman–Crippen MR) is 72.4 cm³/mol. The number of unbranched alkanes of at least 4 members (excludes halogenated alkanes) is 1. The number of carboxylic acids is 1. The van der Waals surface area contributed by atoms with Crippen LogP contribution in [0.2, 0.25) is 0 Å². The Morgan fingerprint density at radius 2 is 1.95 bits per heavy atom. The highest BCUT2D eigenvalue weighted by Crippen LogP contribution is 2.20. The van der Waals surface area contributed by atoms with Crippen molar-refractivity contribution < 1.29 is 34.8 Å². The van der Waals surface area contributed by atoms with E-state index in [4.69, 9.17) is 31.9 Å². The predicted octanol–water partition coefficient (Wildman–Crippen LogP) is -0.852. The fourth-order valence-corrected chi connectivity index (χ4v) is 1.43. The lowest BCUT2D eigenvalue weighted by atomic mass is 10.1. The second-order valence-electron chi connectivity index (χ2n) is 4.53. The number of aliphatic carboxylic acids is 1. The van der Waals surface area contributed by atoms with Gasteiger partial charge < -0.3 is 36.6 Å². The van der Waals surface area contributed by atoms with Gasteiger partial charge in [0.1, 0.15) is 6.04 Å². The molecule has 0 spiro atoms. The van der Waals surface area contributed by atoms with Crippen LogP contribution in [-0.4, -0.2) is 57.2 Å². The average Bonchev–Trinajstić information content (AvgIpc) is 2.67. The van der Waals surface area contributed by atoms with Gasteiger partial charge in [0.2, 0.25) is 5.76 Å². The highest BCUT2D eigenvalue weighted by molar-refractivity contribution is 5.89. The second-order valence-corrected chi connectivity index (χ2v) is 4.53. The minimum absolute atomic E-state index is 0.520. The molecule has 21 heavy (non-hydrogen) atoms. The lowest BCUT2D eigenvalue weighted by molar-refractivity contribution is -0.146. The lowest BCUT2D eigenvalue weighted by Crippen LogP contribution is -2.29. The number of rotatable bonds is 6. The first-order valence-corrected chi connectivity index (χ1v) is 6.41. The van der Waals surface area contributed by atoms with Crippen molar-refractivity contribution in [3.05, 3.63) is 11.5 Å². The molecule has 1 aliphatic rings. The van der Waals surface area contributed by atoms with E-state index in [1.165, 1.54) is 6.92 Å². The van der Waals surface area contributed by atoms with Crippen LogP contribution in [0.25, 0.3) is 0 Å². The lowest BCUT2D eigenvalue weighted by Gasteiger charge is -2.11. The van der Waals surface area contributed by atoms with Crippen LogP contribution < -0.4 is 11.5 Å². The van der Waals surface area contributed by atoms with Crippen molar-refractivity contribution in [1.82, 2.24) is 0 Å². The molecule has 0 bridgehead atoms. The van der Waals surface area contributed by atoms with Crippen molar-refractivity contribution in [2.24, 2.45) is 11.5 Å². The fraction of sp³-hybridized carbons (Fsp3) is 0.667. The van der Waals surface area contributed by atoms with E-state index < -0.39 is 41.7 Å². The van der Waals surface area contributed by atoms with Gasteiger partial charge in [-0.2, -0.15) is 0 Å². The van der Waals surface area contributed by atoms with E-state index in [0.717, 1.165) is 12.8 Å². The Balaban J connectivity index is 0.000000384. The van der Waals surface area contributed by atoms with Gasteiger partial charge in [-0.15, -0.1) is 0 Å². The highest BCUT2D eigenvalue weighted by atomic mass is 16.6. The van der Waals surface area contributed by atoms with E-state index >= 15 is 0 Å². The zero-order valence-corrected chi connectivity index (χ0v) is 11.7. The van der Waals surface area contributed by atoms with Crippen molar-refractivity contribution >= 4 is 11.9 Å². The summed E-state index contributed by atoms with van der Waals surface area (Å²) in [5, 5.41) is 34.9. The van der Waals surface area contributed by atoms with Gasteiger partial charge in [-0.1, -0.05) is 6.42 Å². The summed E-state index contributed by atoms with van der Waals surface area (Å²) in [6.45, 7) is 1.94. The van der Waals surface area contributed by atoms with E-state index in [0.29, 0.717) is 13.0 Å². The number of nitrogens with two attached hydrogens (primary N) is 2. The minimum Gasteiger partial charge on any atom is -0.505 e. The Kier molecular flexibility index (Phi) is 8.36. The van der Waals surface area contributed by atoms with Crippen LogP contribution in [0.3, 0.4) is 0 Å². The minimum atomic E-state index is -1.12. The summed E-state index contributed by atoms with van der Waals surface area (Å²) in [6.07, 6.45) is 0.0170. The van der Waals surface area contributed by atoms with Gasteiger partial charge in [-0.05, 0) is 26.3 Å². The van der Waals surface area contributed by atoms with Crippen molar-refractivity contribution in [3.63, 3.8) is 0 Å². The van der Waals surface area contributed by atoms with Crippen LogP contribution in [0.4, 0.5) is 0 Å². The number of aliphatic hydroxyl groups excluding tert-OH is 3. The normalized spacial score (nSPS) is 20.4. The van der Waals surface area contributed by atoms with E-state index in [1.807, 2.05) is 0 Å². The van der Waals surface area contributed by atoms with Gasteiger partial charge in [0.15, 0.2) is 11.9 Å². The molecule has 9 heteroatoms. The van der Waals surface area contributed by atoms with E-state index in [2.05, 4.69) is 4.74 Å². The van der Waals surface area contributed by atoms with E-state index in [-0.39, 0.29) is 0 Å². The summed E-state index contributed by atoms with van der Waals surface area (Å²) in [6, 6.07) is -0.716. The van der Waals surface area contributed by atoms with Crippen molar-refractivity contribution in [2.45, 2.75) is 44.4 Å². The van der Waals surface area contributed by atoms with E-state index in [1.54, 1.807) is 0 Å². The fourth-order valence-electron chi connectivity index (χ4n) is 1.43. The number of hydrogen-bond acceptors (Lipinski definition) is 8. The van der Waals surface area contributed by atoms with Crippen LogP contribution in [0.5, 0.6) is 0 Å². The third-order valence-electron chi connectivity index (χ3n) is 2.66. The maximum absolute atomic E-state index is 10.5. The van der Waals surface area contributed by atoms with Crippen LogP contribution in [0.15, 0.2) is 11.5 Å². The molecule has 3 atom stereocenters. The second kappa shape index (κ2) is 9.16. The first-order valence-electron chi connectivity index (χ1n) is 6.41. The smallest absolute Gasteiger partial charge is 0.377 e. The summed E-state index contributed by atoms with van der Waals surface area (Å²) < 4.78 is 4.38. The third kappa shape index (κ3) is 6.43. The summed E-state index contributed by atoms with van der Waals surface area (Å²) in [4.78, 5) is 20.6. The Bertz CT molecular complexity index is 395. The molecule has 9 nitrogen and oxygen atoms in total. The Labute approximate surface area is 121 Å². The maximum atomic E-state index is 10.5. The molecule has 0 aromatic carbocycles. The standard InChI is InChI=1S/C6H14N2O2.C6H8O5/c7-4-2-1-3-5(8)6(9)10;1-2(7)5-3(8)4(9)6(10)11-5/h5H,1-4,7-8H2,(H,9,10);2,5,7-9H,1H3/t5-;2-,5+/m00/s1. The largest absolute Gasteiger partial charge is 0.505 e. The van der Waals surface area contributed by atoms with Crippen LogP contribution >= 0.6 is 0 Å². The molecule has 0 aliphatic carbocycles. The van der Waals surface area contributed by atoms with Gasteiger partial charge in [-0.3, -0.25) is 4.79 Å². The number of aliphatic hydroxyl groups is 3. The van der Waals surface area contributed by atoms with Gasteiger partial charge >= 0.3 is 11.9 Å². The summed E-state index contributed by atoms with van der Waals surface area (Å²) in [5.74, 6) is -3.37. The molecule has 1 aliphatic heterocycles. The molecular weight excluding hydrogens is 284 g/mol. The van der Waals surface area contributed by atoms with Gasteiger partial charge in [0.25, 0.3) is 0 Å². The third-order valence-corrected chi connectivity index (χ3v) is 2.66. The Morgan fingerprint density at radius 1 is 1.38 bits per heavy atom. The first kappa shape index (κ1) is 19.2. The monoisotopic (exact) mass is 306 g/mol. The van der Waals surface area contributed by atoms with Gasteiger partial charge in [0.05, 0.1) is 6.10 Å². The highest BCUT2D eigenvalue weighted by Gasteiger charge is 2.37. The molecule has 0 aromatic rings.